The summed E-state index contributed by atoms with van der Waals surface area (Å²) < 4.78 is 5.39. The van der Waals surface area contributed by atoms with Gasteiger partial charge in [-0.05, 0) is 36.1 Å². The molecule has 0 fully saturated rings. The van der Waals surface area contributed by atoms with Crippen molar-refractivity contribution in [3.05, 3.63) is 60.4 Å². The number of aryl methyl sites for hydroxylation is 1. The van der Waals surface area contributed by atoms with Crippen LogP contribution in [0.4, 0.5) is 0 Å². The number of alkyl halides is 1. The van der Waals surface area contributed by atoms with Crippen molar-refractivity contribution in [2.75, 3.05) is 6.07 Å². The topological polar surface area (TPSA) is 22.1 Å². The van der Waals surface area contributed by atoms with Crippen LogP contribution >= 0.6 is 11.6 Å². The van der Waals surface area contributed by atoms with Crippen LogP contribution in [0.3, 0.4) is 0 Å². The molecule has 0 bridgehead atoms. The van der Waals surface area contributed by atoms with Crippen LogP contribution in [0.5, 0.6) is 5.75 Å². The van der Waals surface area contributed by atoms with E-state index in [9.17, 15) is 0 Å². The third kappa shape index (κ3) is 2.35. The van der Waals surface area contributed by atoms with E-state index in [1.165, 1.54) is 0 Å². The lowest BCUT2D eigenvalue weighted by atomic mass is 9.98. The molecule has 0 amide bonds. The van der Waals surface area contributed by atoms with Crippen molar-refractivity contribution in [2.45, 2.75) is 6.92 Å². The van der Waals surface area contributed by atoms with Crippen molar-refractivity contribution >= 4 is 22.4 Å². The van der Waals surface area contributed by atoms with Crippen molar-refractivity contribution in [3.63, 3.8) is 0 Å². The number of pyridine rings is 1. The quantitative estimate of drug-likeness (QED) is 0.645. The van der Waals surface area contributed by atoms with Gasteiger partial charge in [0.15, 0.2) is 6.07 Å². The molecule has 2 aromatic carbocycles. The van der Waals surface area contributed by atoms with E-state index >= 15 is 0 Å². The summed E-state index contributed by atoms with van der Waals surface area (Å²) in [5.41, 5.74) is 3.31. The molecule has 0 unspecified atom stereocenters. The Bertz CT molecular complexity index is 741. The Balaban J connectivity index is 2.28. The smallest absolute Gasteiger partial charge is 0.162 e. The molecule has 0 saturated carbocycles. The zero-order valence-corrected chi connectivity index (χ0v) is 11.9. The molecule has 0 aliphatic rings. The molecule has 3 rings (SSSR count). The van der Waals surface area contributed by atoms with Gasteiger partial charge in [0.25, 0.3) is 0 Å². The summed E-state index contributed by atoms with van der Waals surface area (Å²) >= 11 is 5.64. The highest BCUT2D eigenvalue weighted by atomic mass is 35.5. The third-order valence-corrected chi connectivity index (χ3v) is 3.45. The van der Waals surface area contributed by atoms with E-state index in [4.69, 9.17) is 16.3 Å². The molecule has 20 heavy (non-hydrogen) atoms. The normalized spacial score (nSPS) is 10.7. The molecule has 1 heterocycles. The van der Waals surface area contributed by atoms with Gasteiger partial charge in [0.1, 0.15) is 5.75 Å². The van der Waals surface area contributed by atoms with Crippen LogP contribution in [-0.4, -0.2) is 11.1 Å². The molecular formula is C17H14ClNO. The summed E-state index contributed by atoms with van der Waals surface area (Å²) in [5.74, 6) is 0.773. The second-order valence-corrected chi connectivity index (χ2v) is 4.81. The maximum Gasteiger partial charge on any atom is 0.162 e. The van der Waals surface area contributed by atoms with Crippen molar-refractivity contribution in [1.82, 2.24) is 4.98 Å². The van der Waals surface area contributed by atoms with E-state index in [1.54, 1.807) is 0 Å². The zero-order chi connectivity index (χ0) is 13.9. The van der Waals surface area contributed by atoms with Crippen LogP contribution in [0.2, 0.25) is 0 Å². The van der Waals surface area contributed by atoms with E-state index < -0.39 is 0 Å². The molecule has 0 aliphatic heterocycles. The van der Waals surface area contributed by atoms with Crippen LogP contribution < -0.4 is 4.74 Å². The van der Waals surface area contributed by atoms with Crippen molar-refractivity contribution < 1.29 is 4.74 Å². The molecule has 2 nitrogen and oxygen atoms in total. The summed E-state index contributed by atoms with van der Waals surface area (Å²) in [6, 6.07) is 16.4. The van der Waals surface area contributed by atoms with Gasteiger partial charge in [0.05, 0.1) is 0 Å². The molecule has 100 valence electrons. The molecule has 0 spiro atoms. The number of hydrogen-bond acceptors (Lipinski definition) is 2. The molecule has 0 N–H and O–H groups in total. The van der Waals surface area contributed by atoms with Gasteiger partial charge in [-0.3, -0.25) is 4.98 Å². The van der Waals surface area contributed by atoms with Gasteiger partial charge in [0.2, 0.25) is 0 Å². The van der Waals surface area contributed by atoms with Gasteiger partial charge in [-0.25, -0.2) is 0 Å². The van der Waals surface area contributed by atoms with Crippen LogP contribution in [0.1, 0.15) is 5.69 Å². The fourth-order valence-corrected chi connectivity index (χ4v) is 2.54. The van der Waals surface area contributed by atoms with E-state index in [0.29, 0.717) is 0 Å². The van der Waals surface area contributed by atoms with Crippen molar-refractivity contribution in [1.29, 1.82) is 0 Å². The highest BCUT2D eigenvalue weighted by molar-refractivity contribution is 6.17. The van der Waals surface area contributed by atoms with Gasteiger partial charge in [-0.1, -0.05) is 41.9 Å². The van der Waals surface area contributed by atoms with Crippen LogP contribution in [0.15, 0.2) is 54.7 Å². The summed E-state index contributed by atoms with van der Waals surface area (Å²) in [4.78, 5) is 4.49. The Morgan fingerprint density at radius 2 is 1.90 bits per heavy atom. The average Bonchev–Trinajstić information content (AvgIpc) is 2.48. The first kappa shape index (κ1) is 12.9. The Kier molecular flexibility index (Phi) is 3.57. The number of aromatic nitrogens is 1. The first-order chi connectivity index (χ1) is 9.79. The second-order valence-electron chi connectivity index (χ2n) is 4.59. The summed E-state index contributed by atoms with van der Waals surface area (Å²) in [5, 5.41) is 2.22. The first-order valence-electron chi connectivity index (χ1n) is 6.43. The van der Waals surface area contributed by atoms with E-state index in [1.807, 2.05) is 49.5 Å². The summed E-state index contributed by atoms with van der Waals surface area (Å²) in [6.45, 7) is 2.02. The molecule has 0 aliphatic carbocycles. The molecule has 0 saturated heterocycles. The monoisotopic (exact) mass is 283 g/mol. The van der Waals surface area contributed by atoms with Crippen LogP contribution in [-0.2, 0) is 0 Å². The lowest BCUT2D eigenvalue weighted by Crippen LogP contribution is -1.92. The SMILES string of the molecule is Cc1ncc2ccc(OCCl)cc2c1-c1ccccc1. The van der Waals surface area contributed by atoms with Crippen LogP contribution in [0.25, 0.3) is 21.9 Å². The molecular weight excluding hydrogens is 270 g/mol. The standard InChI is InChI=1S/C17H14ClNO/c1-12-17(13-5-3-2-4-6-13)16-9-15(20-11-18)8-7-14(16)10-19-12/h2-10H,11H2,1H3. The highest BCUT2D eigenvalue weighted by Crippen LogP contribution is 2.32. The van der Waals surface area contributed by atoms with E-state index in [2.05, 4.69) is 17.1 Å². The lowest BCUT2D eigenvalue weighted by Gasteiger charge is -2.11. The molecule has 0 atom stereocenters. The number of ether oxygens (including phenoxy) is 1. The fraction of sp³-hybridized carbons (Fsp3) is 0.118. The van der Waals surface area contributed by atoms with Gasteiger partial charge in [-0.2, -0.15) is 0 Å². The Morgan fingerprint density at radius 3 is 2.65 bits per heavy atom. The van der Waals surface area contributed by atoms with Gasteiger partial charge in [0, 0.05) is 22.8 Å². The van der Waals surface area contributed by atoms with Crippen LogP contribution in [0, 0.1) is 6.92 Å². The second kappa shape index (κ2) is 5.51. The minimum Gasteiger partial charge on any atom is -0.478 e. The molecule has 3 aromatic rings. The number of halogens is 1. The van der Waals surface area contributed by atoms with Crippen molar-refractivity contribution in [2.24, 2.45) is 0 Å². The Labute approximate surface area is 123 Å². The highest BCUT2D eigenvalue weighted by Gasteiger charge is 2.09. The maximum absolute atomic E-state index is 5.64. The summed E-state index contributed by atoms with van der Waals surface area (Å²) in [7, 11) is 0. The number of benzene rings is 2. The number of fused-ring (bicyclic) bond motifs is 1. The Morgan fingerprint density at radius 1 is 1.10 bits per heavy atom. The van der Waals surface area contributed by atoms with E-state index in [0.717, 1.165) is 33.3 Å². The minimum absolute atomic E-state index is 0.149. The molecule has 1 aromatic heterocycles. The van der Waals surface area contributed by atoms with Crippen molar-refractivity contribution in [3.8, 4) is 16.9 Å². The average molecular weight is 284 g/mol. The zero-order valence-electron chi connectivity index (χ0n) is 11.1. The summed E-state index contributed by atoms with van der Waals surface area (Å²) in [6.07, 6.45) is 1.89. The number of nitrogens with zero attached hydrogens (tertiary/aromatic N) is 1. The fourth-order valence-electron chi connectivity index (χ4n) is 2.41. The predicted octanol–water partition coefficient (Wildman–Crippen LogP) is 4.79. The minimum atomic E-state index is 0.149. The molecule has 3 heteroatoms. The van der Waals surface area contributed by atoms with Gasteiger partial charge in [-0.15, -0.1) is 0 Å². The third-order valence-electron chi connectivity index (χ3n) is 3.34. The number of hydrogen-bond donors (Lipinski definition) is 0. The lowest BCUT2D eigenvalue weighted by molar-refractivity contribution is 0.388. The number of rotatable bonds is 3. The Hall–Kier alpha value is -2.06. The van der Waals surface area contributed by atoms with E-state index in [-0.39, 0.29) is 6.07 Å². The maximum atomic E-state index is 5.64. The predicted molar refractivity (Wildman–Crippen MR) is 83.3 cm³/mol. The van der Waals surface area contributed by atoms with Gasteiger partial charge >= 0.3 is 0 Å². The largest absolute Gasteiger partial charge is 0.478 e. The first-order valence-corrected chi connectivity index (χ1v) is 6.96. The van der Waals surface area contributed by atoms with Gasteiger partial charge < -0.3 is 4.74 Å². The molecule has 0 radical (unpaired) electrons.